The van der Waals surface area contributed by atoms with E-state index in [4.69, 9.17) is 4.42 Å². The van der Waals surface area contributed by atoms with Crippen LogP contribution >= 0.6 is 22.7 Å². The van der Waals surface area contributed by atoms with Crippen LogP contribution in [0.25, 0.3) is 17.5 Å². The summed E-state index contributed by atoms with van der Waals surface area (Å²) in [5.41, 5.74) is 0.727. The Hall–Kier alpha value is -2.18. The molecule has 0 saturated carbocycles. The summed E-state index contributed by atoms with van der Waals surface area (Å²) in [5, 5.41) is 7.13. The molecule has 3 rings (SSSR count). The number of carbonyl (C=O) groups excluding carboxylic acids is 1. The molecule has 4 nitrogen and oxygen atoms in total. The lowest BCUT2D eigenvalue weighted by Crippen LogP contribution is -2.07. The zero-order chi connectivity index (χ0) is 14.7. The maximum atomic E-state index is 11.8. The maximum absolute atomic E-state index is 11.8. The van der Waals surface area contributed by atoms with Gasteiger partial charge in [-0.05, 0) is 36.6 Å². The molecule has 0 atom stereocenters. The van der Waals surface area contributed by atoms with E-state index in [2.05, 4.69) is 10.3 Å². The van der Waals surface area contributed by atoms with Crippen molar-refractivity contribution < 1.29 is 9.21 Å². The zero-order valence-corrected chi connectivity index (χ0v) is 12.8. The molecule has 0 aromatic carbocycles. The molecule has 6 heteroatoms. The molecule has 0 saturated heterocycles. The van der Waals surface area contributed by atoms with Crippen LogP contribution < -0.4 is 5.32 Å². The molecule has 3 aromatic heterocycles. The first kappa shape index (κ1) is 13.8. The minimum atomic E-state index is -0.195. The van der Waals surface area contributed by atoms with Gasteiger partial charge in [-0.3, -0.25) is 10.1 Å². The average molecular weight is 316 g/mol. The van der Waals surface area contributed by atoms with E-state index in [9.17, 15) is 4.79 Å². The predicted molar refractivity (Wildman–Crippen MR) is 86.5 cm³/mol. The Labute approximate surface area is 129 Å². The Balaban J connectivity index is 1.65. The number of nitrogens with one attached hydrogen (secondary N) is 1. The van der Waals surface area contributed by atoms with Gasteiger partial charge in [0.25, 0.3) is 0 Å². The third-order valence-corrected chi connectivity index (χ3v) is 4.26. The zero-order valence-electron chi connectivity index (χ0n) is 11.2. The molecule has 0 fully saturated rings. The summed E-state index contributed by atoms with van der Waals surface area (Å²) in [5.74, 6) is 1.35. The molecule has 1 N–H and O–H groups in total. The Morgan fingerprint density at radius 2 is 2.24 bits per heavy atom. The summed E-state index contributed by atoms with van der Waals surface area (Å²) in [4.78, 5) is 17.2. The second kappa shape index (κ2) is 6.07. The number of thiazole rings is 1. The molecule has 0 aliphatic carbocycles. The predicted octanol–water partition coefficient (Wildman–Crippen LogP) is 4.42. The topological polar surface area (TPSA) is 55.1 Å². The largest absolute Gasteiger partial charge is 0.460 e. The molecule has 1 amide bonds. The molecule has 0 radical (unpaired) electrons. The van der Waals surface area contributed by atoms with Crippen LogP contribution in [0.4, 0.5) is 5.13 Å². The summed E-state index contributed by atoms with van der Waals surface area (Å²) in [6.07, 6.45) is 3.29. The first-order chi connectivity index (χ1) is 10.2. The van der Waals surface area contributed by atoms with Crippen molar-refractivity contribution in [2.24, 2.45) is 0 Å². The Morgan fingerprint density at radius 3 is 2.95 bits per heavy atom. The van der Waals surface area contributed by atoms with E-state index >= 15 is 0 Å². The van der Waals surface area contributed by atoms with Gasteiger partial charge >= 0.3 is 0 Å². The number of thiophene rings is 1. The third kappa shape index (κ3) is 3.48. The molecular weight excluding hydrogens is 304 g/mol. The number of aryl methyl sites for hydroxylation is 1. The Morgan fingerprint density at radius 1 is 1.33 bits per heavy atom. The fourth-order valence-corrected chi connectivity index (χ4v) is 3.03. The summed E-state index contributed by atoms with van der Waals surface area (Å²) >= 11 is 2.95. The molecule has 3 aromatic rings. The van der Waals surface area contributed by atoms with Crippen molar-refractivity contribution in [1.82, 2.24) is 4.98 Å². The normalized spacial score (nSPS) is 11.1. The summed E-state index contributed by atoms with van der Waals surface area (Å²) in [6.45, 7) is 1.88. The van der Waals surface area contributed by atoms with Crippen molar-refractivity contribution in [2.75, 3.05) is 5.32 Å². The van der Waals surface area contributed by atoms with Crippen molar-refractivity contribution in [3.63, 3.8) is 0 Å². The number of carbonyl (C=O) groups is 1. The van der Waals surface area contributed by atoms with E-state index in [-0.39, 0.29) is 5.91 Å². The summed E-state index contributed by atoms with van der Waals surface area (Å²) in [7, 11) is 0. The lowest BCUT2D eigenvalue weighted by molar-refractivity contribution is -0.111. The number of anilines is 1. The Kier molecular flexibility index (Phi) is 3.98. The lowest BCUT2D eigenvalue weighted by atomic mass is 10.4. The second-order valence-electron chi connectivity index (χ2n) is 4.29. The number of furan rings is 1. The van der Waals surface area contributed by atoms with E-state index in [1.807, 2.05) is 41.9 Å². The number of rotatable bonds is 4. The highest BCUT2D eigenvalue weighted by Crippen LogP contribution is 2.26. The first-order valence-electron chi connectivity index (χ1n) is 6.25. The van der Waals surface area contributed by atoms with Gasteiger partial charge in [0, 0.05) is 16.3 Å². The Bertz CT molecular complexity index is 769. The van der Waals surface area contributed by atoms with Gasteiger partial charge in [0.05, 0.1) is 0 Å². The van der Waals surface area contributed by atoms with Crippen molar-refractivity contribution in [3.05, 3.63) is 51.7 Å². The summed E-state index contributed by atoms with van der Waals surface area (Å²) in [6, 6.07) is 7.65. The van der Waals surface area contributed by atoms with Crippen LogP contribution in [-0.2, 0) is 4.79 Å². The molecule has 21 heavy (non-hydrogen) atoms. The van der Waals surface area contributed by atoms with Gasteiger partial charge in [0.2, 0.25) is 5.91 Å². The molecule has 106 valence electrons. The standard InChI is InChI=1S/C15H12N2O2S2/c1-10-4-6-13(19-10)12-9-21-15(16-12)17-14(18)7-5-11-3-2-8-20-11/h2-9H,1H3,(H,16,17,18). The maximum Gasteiger partial charge on any atom is 0.250 e. The molecule has 0 aliphatic heterocycles. The number of aromatic nitrogens is 1. The number of hydrogen-bond donors (Lipinski definition) is 1. The highest BCUT2D eigenvalue weighted by Gasteiger charge is 2.09. The number of amides is 1. The molecule has 0 aliphatic rings. The molecule has 0 bridgehead atoms. The van der Waals surface area contributed by atoms with E-state index < -0.39 is 0 Å². The molecule has 0 unspecified atom stereocenters. The summed E-state index contributed by atoms with van der Waals surface area (Å²) < 4.78 is 5.50. The van der Waals surface area contributed by atoms with Gasteiger partial charge in [-0.15, -0.1) is 22.7 Å². The van der Waals surface area contributed by atoms with Crippen LogP contribution in [0.5, 0.6) is 0 Å². The van der Waals surface area contributed by atoms with Gasteiger partial charge < -0.3 is 4.42 Å². The highest BCUT2D eigenvalue weighted by molar-refractivity contribution is 7.14. The van der Waals surface area contributed by atoms with Crippen LogP contribution in [-0.4, -0.2) is 10.9 Å². The first-order valence-corrected chi connectivity index (χ1v) is 8.01. The fourth-order valence-electron chi connectivity index (χ4n) is 1.71. The lowest BCUT2D eigenvalue weighted by Gasteiger charge is -1.95. The van der Waals surface area contributed by atoms with Gasteiger partial charge in [-0.1, -0.05) is 6.07 Å². The minimum absolute atomic E-state index is 0.195. The van der Waals surface area contributed by atoms with Crippen LogP contribution in [0, 0.1) is 6.92 Å². The van der Waals surface area contributed by atoms with Crippen molar-refractivity contribution in [3.8, 4) is 11.5 Å². The van der Waals surface area contributed by atoms with E-state index in [1.165, 1.54) is 17.4 Å². The van der Waals surface area contributed by atoms with Crippen molar-refractivity contribution in [2.45, 2.75) is 6.92 Å². The van der Waals surface area contributed by atoms with E-state index in [0.717, 1.165) is 16.3 Å². The SMILES string of the molecule is Cc1ccc(-c2csc(NC(=O)C=Cc3cccs3)n2)o1. The molecule has 0 spiro atoms. The minimum Gasteiger partial charge on any atom is -0.460 e. The molecular formula is C15H12N2O2S2. The van der Waals surface area contributed by atoms with Crippen LogP contribution in [0.1, 0.15) is 10.6 Å². The third-order valence-electron chi connectivity index (χ3n) is 2.67. The average Bonchev–Trinajstić information content (AvgIpc) is 3.17. The second-order valence-corrected chi connectivity index (χ2v) is 6.12. The smallest absolute Gasteiger partial charge is 0.250 e. The quantitative estimate of drug-likeness (QED) is 0.725. The van der Waals surface area contributed by atoms with Crippen LogP contribution in [0.3, 0.4) is 0 Å². The monoisotopic (exact) mass is 316 g/mol. The number of hydrogen-bond acceptors (Lipinski definition) is 5. The van der Waals surface area contributed by atoms with Gasteiger partial charge in [-0.2, -0.15) is 0 Å². The van der Waals surface area contributed by atoms with Gasteiger partial charge in [-0.25, -0.2) is 4.98 Å². The van der Waals surface area contributed by atoms with Gasteiger partial charge in [0.1, 0.15) is 11.5 Å². The van der Waals surface area contributed by atoms with Crippen molar-refractivity contribution in [1.29, 1.82) is 0 Å². The van der Waals surface area contributed by atoms with E-state index in [1.54, 1.807) is 17.4 Å². The van der Waals surface area contributed by atoms with Crippen LogP contribution in [0.15, 0.2) is 45.5 Å². The van der Waals surface area contributed by atoms with Crippen LogP contribution in [0.2, 0.25) is 0 Å². The highest BCUT2D eigenvalue weighted by atomic mass is 32.1. The molecule has 3 heterocycles. The van der Waals surface area contributed by atoms with Crippen molar-refractivity contribution >= 4 is 39.8 Å². The van der Waals surface area contributed by atoms with E-state index in [0.29, 0.717) is 10.9 Å². The van der Waals surface area contributed by atoms with Gasteiger partial charge in [0.15, 0.2) is 10.9 Å². The fraction of sp³-hybridized carbons (Fsp3) is 0.0667. The number of nitrogens with zero attached hydrogens (tertiary/aromatic N) is 1.